The molecule has 0 unspecified atom stereocenters. The average Bonchev–Trinajstić information content (AvgIpc) is 2.20. The Morgan fingerprint density at radius 3 is 2.62 bits per heavy atom. The van der Waals surface area contributed by atoms with Crippen molar-refractivity contribution in [3.63, 3.8) is 0 Å². The van der Waals surface area contributed by atoms with E-state index in [-0.39, 0.29) is 5.41 Å². The third-order valence-corrected chi connectivity index (χ3v) is 5.12. The van der Waals surface area contributed by atoms with E-state index < -0.39 is 9.91 Å². The number of rotatable bonds is 1. The first-order valence-corrected chi connectivity index (χ1v) is 6.27. The van der Waals surface area contributed by atoms with Gasteiger partial charge >= 0.3 is 0 Å². The monoisotopic (exact) mass is 244 g/mol. The van der Waals surface area contributed by atoms with E-state index in [4.69, 9.17) is 11.6 Å². The molecule has 2 saturated carbocycles. The van der Waals surface area contributed by atoms with Crippen LogP contribution in [0.1, 0.15) is 51.9 Å². The molecule has 0 bridgehead atoms. The Morgan fingerprint density at radius 1 is 1.31 bits per heavy atom. The molecule has 2 aliphatic rings. The number of nitrogens with zero attached hydrogens (tertiary/aromatic N) is 2. The summed E-state index contributed by atoms with van der Waals surface area (Å²) < 4.78 is 0. The third kappa shape index (κ3) is 1.73. The maximum atomic E-state index is 10.5. The van der Waals surface area contributed by atoms with Crippen LogP contribution >= 0.6 is 11.6 Å². The summed E-state index contributed by atoms with van der Waals surface area (Å²) in [5, 5.41) is 13.5. The molecular formula is C11H17ClN2O2. The van der Waals surface area contributed by atoms with Crippen LogP contribution in [-0.4, -0.2) is 15.6 Å². The first kappa shape index (κ1) is 11.8. The minimum absolute atomic E-state index is 0.000100. The zero-order valence-corrected chi connectivity index (χ0v) is 10.3. The molecule has 2 rings (SSSR count). The van der Waals surface area contributed by atoms with Crippen LogP contribution in [-0.2, 0) is 0 Å². The fourth-order valence-electron chi connectivity index (χ4n) is 3.27. The second kappa shape index (κ2) is 3.99. The maximum Gasteiger partial charge on any atom is 0.190 e. The van der Waals surface area contributed by atoms with Gasteiger partial charge in [0.05, 0.1) is 9.98 Å². The summed E-state index contributed by atoms with van der Waals surface area (Å²) in [6.07, 6.45) is 6.84. The molecule has 0 aromatic carbocycles. The molecule has 16 heavy (non-hydrogen) atoms. The molecule has 0 amide bonds. The Balaban J connectivity index is 2.37. The van der Waals surface area contributed by atoms with Gasteiger partial charge in [-0.3, -0.25) is 0 Å². The standard InChI is InChI=1S/C11H17ClN2O2/c1-10-6-2-3-8-11(10,12)9(5-4-7-10)13-14(15)16/h2-8H2,1H3/b13-9+/t10-,11+/m0/s1. The summed E-state index contributed by atoms with van der Waals surface area (Å²) in [6, 6.07) is 0. The van der Waals surface area contributed by atoms with Crippen molar-refractivity contribution >= 4 is 17.3 Å². The normalized spacial score (nSPS) is 41.8. The number of fused-ring (bicyclic) bond motifs is 1. The van der Waals surface area contributed by atoms with Gasteiger partial charge in [0.25, 0.3) is 0 Å². The highest BCUT2D eigenvalue weighted by Gasteiger charge is 2.54. The Bertz CT molecular complexity index is 341. The number of hydrogen-bond donors (Lipinski definition) is 0. The summed E-state index contributed by atoms with van der Waals surface area (Å²) in [7, 11) is 0. The topological polar surface area (TPSA) is 55.5 Å². The van der Waals surface area contributed by atoms with Gasteiger partial charge in [0, 0.05) is 0 Å². The summed E-state index contributed by atoms with van der Waals surface area (Å²) in [4.78, 5) is 9.99. The van der Waals surface area contributed by atoms with Crippen molar-refractivity contribution in [1.82, 2.24) is 0 Å². The summed E-state index contributed by atoms with van der Waals surface area (Å²) in [5.74, 6) is 0. The average molecular weight is 245 g/mol. The van der Waals surface area contributed by atoms with Crippen LogP contribution in [0.25, 0.3) is 0 Å². The molecule has 0 radical (unpaired) electrons. The fourth-order valence-corrected chi connectivity index (χ4v) is 3.73. The number of nitro groups is 1. The van der Waals surface area contributed by atoms with E-state index in [1.165, 1.54) is 6.42 Å². The number of hydrazone groups is 1. The highest BCUT2D eigenvalue weighted by Crippen LogP contribution is 2.55. The van der Waals surface area contributed by atoms with Gasteiger partial charge in [-0.05, 0) is 37.5 Å². The van der Waals surface area contributed by atoms with Gasteiger partial charge in [-0.25, -0.2) is 10.1 Å². The van der Waals surface area contributed by atoms with E-state index in [1.807, 2.05) is 0 Å². The molecule has 5 heteroatoms. The maximum absolute atomic E-state index is 10.5. The quantitative estimate of drug-likeness (QED) is 0.403. The van der Waals surface area contributed by atoms with Gasteiger partial charge in [-0.1, -0.05) is 19.8 Å². The molecular weight excluding hydrogens is 228 g/mol. The van der Waals surface area contributed by atoms with Crippen LogP contribution in [0.4, 0.5) is 0 Å². The number of hydrogen-bond acceptors (Lipinski definition) is 2. The second-order valence-electron chi connectivity index (χ2n) is 5.21. The largest absolute Gasteiger partial charge is 0.233 e. The Morgan fingerprint density at radius 2 is 1.94 bits per heavy atom. The molecule has 0 spiro atoms. The van der Waals surface area contributed by atoms with E-state index >= 15 is 0 Å². The molecule has 4 nitrogen and oxygen atoms in total. The van der Waals surface area contributed by atoms with Crippen molar-refractivity contribution in [3.05, 3.63) is 10.1 Å². The first-order chi connectivity index (χ1) is 7.48. The van der Waals surface area contributed by atoms with Crippen molar-refractivity contribution in [2.45, 2.75) is 56.7 Å². The lowest BCUT2D eigenvalue weighted by Crippen LogP contribution is -2.53. The van der Waals surface area contributed by atoms with Crippen LogP contribution in [0.15, 0.2) is 5.10 Å². The van der Waals surface area contributed by atoms with Gasteiger partial charge < -0.3 is 0 Å². The Hall–Kier alpha value is -0.640. The molecule has 0 aliphatic heterocycles. The van der Waals surface area contributed by atoms with Gasteiger partial charge in [0.2, 0.25) is 0 Å². The Kier molecular flexibility index (Phi) is 2.95. The smallest absolute Gasteiger partial charge is 0.190 e. The van der Waals surface area contributed by atoms with Gasteiger partial charge in [0.1, 0.15) is 5.71 Å². The van der Waals surface area contributed by atoms with Crippen LogP contribution in [0.5, 0.6) is 0 Å². The van der Waals surface area contributed by atoms with Crippen molar-refractivity contribution < 1.29 is 5.03 Å². The predicted molar refractivity (Wildman–Crippen MR) is 63.4 cm³/mol. The zero-order chi connectivity index (χ0) is 11.8. The SMILES string of the molecule is C[C@@]12CCCC[C@@]1(Cl)/C(=N/[N+](=O)[O-])CCC2. The zero-order valence-electron chi connectivity index (χ0n) is 9.54. The van der Waals surface area contributed by atoms with E-state index in [2.05, 4.69) is 12.0 Å². The molecule has 0 aromatic heterocycles. The van der Waals surface area contributed by atoms with Crippen molar-refractivity contribution in [1.29, 1.82) is 0 Å². The lowest BCUT2D eigenvalue weighted by atomic mass is 9.59. The van der Waals surface area contributed by atoms with Crippen LogP contribution in [0.3, 0.4) is 0 Å². The molecule has 0 aromatic rings. The van der Waals surface area contributed by atoms with E-state index in [0.29, 0.717) is 12.1 Å². The van der Waals surface area contributed by atoms with E-state index in [9.17, 15) is 10.1 Å². The molecule has 0 saturated heterocycles. The van der Waals surface area contributed by atoms with Crippen LogP contribution < -0.4 is 0 Å². The van der Waals surface area contributed by atoms with Crippen LogP contribution in [0, 0.1) is 15.5 Å². The molecule has 2 fully saturated rings. The molecule has 2 aliphatic carbocycles. The third-order valence-electron chi connectivity index (χ3n) is 4.26. The predicted octanol–water partition coefficient (Wildman–Crippen LogP) is 3.36. The highest BCUT2D eigenvalue weighted by molar-refractivity contribution is 6.37. The van der Waals surface area contributed by atoms with Crippen molar-refractivity contribution in [2.24, 2.45) is 10.5 Å². The summed E-state index contributed by atoms with van der Waals surface area (Å²) >= 11 is 6.69. The molecule has 0 N–H and O–H groups in total. The highest BCUT2D eigenvalue weighted by atomic mass is 35.5. The Labute approximate surface area is 100 Å². The number of alkyl halides is 1. The first-order valence-electron chi connectivity index (χ1n) is 5.89. The van der Waals surface area contributed by atoms with Crippen LogP contribution in [0.2, 0.25) is 0 Å². The lowest BCUT2D eigenvalue weighted by Gasteiger charge is -2.50. The van der Waals surface area contributed by atoms with Crippen molar-refractivity contribution in [2.75, 3.05) is 0 Å². The summed E-state index contributed by atoms with van der Waals surface area (Å²) in [6.45, 7) is 2.16. The molecule has 2 atom stereocenters. The van der Waals surface area contributed by atoms with Gasteiger partial charge in [-0.2, -0.15) is 0 Å². The van der Waals surface area contributed by atoms with E-state index in [1.54, 1.807) is 0 Å². The molecule has 0 heterocycles. The molecule has 90 valence electrons. The fraction of sp³-hybridized carbons (Fsp3) is 0.909. The van der Waals surface area contributed by atoms with Gasteiger partial charge in [-0.15, -0.1) is 11.6 Å². The second-order valence-corrected chi connectivity index (χ2v) is 5.85. The van der Waals surface area contributed by atoms with Gasteiger partial charge in [0.15, 0.2) is 5.03 Å². The minimum atomic E-state index is -0.597. The van der Waals surface area contributed by atoms with Crippen molar-refractivity contribution in [3.8, 4) is 0 Å². The summed E-state index contributed by atoms with van der Waals surface area (Å²) in [5.41, 5.74) is 0.604. The minimum Gasteiger partial charge on any atom is -0.233 e. The van der Waals surface area contributed by atoms with E-state index in [0.717, 1.165) is 32.1 Å². The number of halogens is 1. The lowest BCUT2D eigenvalue weighted by molar-refractivity contribution is -0.485.